The van der Waals surface area contributed by atoms with Crippen molar-refractivity contribution in [2.75, 3.05) is 29.5 Å². The van der Waals surface area contributed by atoms with Gasteiger partial charge in [0.1, 0.15) is 23.3 Å². The van der Waals surface area contributed by atoms with Crippen molar-refractivity contribution in [3.05, 3.63) is 95.6 Å². The minimum absolute atomic E-state index is 0.0468. The van der Waals surface area contributed by atoms with Gasteiger partial charge in [0.05, 0.1) is 41.5 Å². The number of carbonyl (C=O) groups excluding carboxylic acids is 3. The predicted molar refractivity (Wildman–Crippen MR) is 161 cm³/mol. The van der Waals surface area contributed by atoms with Crippen molar-refractivity contribution in [3.63, 3.8) is 0 Å². The van der Waals surface area contributed by atoms with Crippen LogP contribution in [0.3, 0.4) is 0 Å². The Labute approximate surface area is 271 Å². The summed E-state index contributed by atoms with van der Waals surface area (Å²) in [6.07, 6.45) is 6.00. The lowest BCUT2D eigenvalue weighted by atomic mass is 10.1. The maximum absolute atomic E-state index is 13.9. The first-order valence-electron chi connectivity index (χ1n) is 14.9. The molecule has 2 aromatic heterocycles. The van der Waals surface area contributed by atoms with Gasteiger partial charge >= 0.3 is 11.9 Å². The molecule has 2 aromatic carbocycles. The van der Waals surface area contributed by atoms with Gasteiger partial charge in [0.15, 0.2) is 0 Å². The van der Waals surface area contributed by atoms with E-state index in [4.69, 9.17) is 9.84 Å². The number of amides is 2. The van der Waals surface area contributed by atoms with Crippen LogP contribution in [0.4, 0.5) is 28.9 Å². The number of carbonyl (C=O) groups is 4. The zero-order valence-corrected chi connectivity index (χ0v) is 25.6. The average Bonchev–Trinajstić information content (AvgIpc) is 3.82. The van der Waals surface area contributed by atoms with Crippen LogP contribution in [0.2, 0.25) is 0 Å². The molecule has 48 heavy (non-hydrogen) atoms. The van der Waals surface area contributed by atoms with Crippen LogP contribution in [0.15, 0.2) is 61.2 Å². The molecule has 6 rings (SSSR count). The van der Waals surface area contributed by atoms with Gasteiger partial charge in [0, 0.05) is 75.4 Å². The number of halogens is 4. The number of benzene rings is 2. The summed E-state index contributed by atoms with van der Waals surface area (Å²) < 4.78 is 61.6. The lowest BCUT2D eigenvalue weighted by Crippen LogP contribution is -2.26. The van der Waals surface area contributed by atoms with Crippen LogP contribution in [0.1, 0.15) is 40.5 Å². The quantitative estimate of drug-likeness (QED) is 0.205. The number of rotatable bonds is 9. The Hall–Kier alpha value is -5.54. The van der Waals surface area contributed by atoms with E-state index in [-0.39, 0.29) is 66.6 Å². The van der Waals surface area contributed by atoms with Gasteiger partial charge in [-0.25, -0.2) is 27.2 Å². The Morgan fingerprint density at radius 2 is 1.25 bits per heavy atom. The summed E-state index contributed by atoms with van der Waals surface area (Å²) in [6, 6.07) is 6.22. The van der Waals surface area contributed by atoms with E-state index < -0.39 is 35.2 Å². The van der Waals surface area contributed by atoms with Gasteiger partial charge in [0.2, 0.25) is 11.8 Å². The largest absolute Gasteiger partial charge is 0.478 e. The number of carboxylic acid groups (broad SMARTS) is 1. The smallest absolute Gasteiger partial charge is 0.341 e. The minimum Gasteiger partial charge on any atom is -0.478 e. The van der Waals surface area contributed by atoms with Crippen LogP contribution >= 0.6 is 0 Å². The van der Waals surface area contributed by atoms with Gasteiger partial charge in [-0.3, -0.25) is 19.0 Å². The van der Waals surface area contributed by atoms with Crippen molar-refractivity contribution in [2.24, 2.45) is 11.8 Å². The summed E-state index contributed by atoms with van der Waals surface area (Å²) >= 11 is 0. The second kappa shape index (κ2) is 14.5. The van der Waals surface area contributed by atoms with E-state index in [0.717, 1.165) is 24.3 Å². The standard InChI is InChI=1S/C17H17F2N3O3.C15H13F2N3O3/c1-2-25-17(24)12-7-20-21(10-12)8-11-5-16(23)22(9-11)15-4-3-13(18)6-14(15)19;16-11-1-2-13(12(17)4-11)20-7-9(3-14(20)21)6-19-8-10(5-18-19)15(22)23/h3-4,6-7,10-11H,2,5,8-9H2,1H3;1-2,4-5,8-9H,3,6-7H2,(H,22,23). The molecule has 1 N–H and O–H groups in total. The highest BCUT2D eigenvalue weighted by atomic mass is 19.1. The first kappa shape index (κ1) is 33.8. The van der Waals surface area contributed by atoms with Gasteiger partial charge in [-0.1, -0.05) is 0 Å². The average molecular weight is 671 g/mol. The molecule has 0 bridgehead atoms. The first-order valence-corrected chi connectivity index (χ1v) is 14.9. The molecule has 2 aliphatic heterocycles. The van der Waals surface area contributed by atoms with E-state index in [9.17, 15) is 36.7 Å². The van der Waals surface area contributed by atoms with Gasteiger partial charge < -0.3 is 19.6 Å². The number of anilines is 2. The molecule has 12 nitrogen and oxygen atoms in total. The van der Waals surface area contributed by atoms with Crippen molar-refractivity contribution in [1.82, 2.24) is 19.6 Å². The first-order chi connectivity index (χ1) is 22.9. The number of hydrogen-bond donors (Lipinski definition) is 1. The molecular formula is C32H30F4N6O6. The highest BCUT2D eigenvalue weighted by Crippen LogP contribution is 2.30. The lowest BCUT2D eigenvalue weighted by molar-refractivity contribution is -0.118. The molecule has 4 aromatic rings. The molecule has 2 saturated heterocycles. The normalized spacial score (nSPS) is 17.4. The number of esters is 1. The monoisotopic (exact) mass is 670 g/mol. The van der Waals surface area contributed by atoms with Crippen LogP contribution in [0.5, 0.6) is 0 Å². The highest BCUT2D eigenvalue weighted by Gasteiger charge is 2.34. The number of carboxylic acids is 1. The molecule has 2 atom stereocenters. The van der Waals surface area contributed by atoms with Crippen LogP contribution < -0.4 is 9.80 Å². The molecule has 2 amide bonds. The predicted octanol–water partition coefficient (Wildman–Crippen LogP) is 4.30. The molecule has 0 aliphatic carbocycles. The van der Waals surface area contributed by atoms with Gasteiger partial charge in [0.25, 0.3) is 0 Å². The van der Waals surface area contributed by atoms with E-state index >= 15 is 0 Å². The SMILES string of the molecule is CCOC(=O)c1cnn(CC2CC(=O)N(c3ccc(F)cc3F)C2)c1.O=C(O)c1cnn(CC2CC(=O)N(c3ccc(F)cc3F)C2)c1. The fraction of sp³-hybridized carbons (Fsp3) is 0.312. The Morgan fingerprint density at radius 3 is 1.67 bits per heavy atom. The second-order valence-corrected chi connectivity index (χ2v) is 11.3. The fourth-order valence-electron chi connectivity index (χ4n) is 5.56. The third kappa shape index (κ3) is 7.87. The molecule has 0 radical (unpaired) electrons. The topological polar surface area (TPSA) is 140 Å². The van der Waals surface area contributed by atoms with Gasteiger partial charge in [-0.15, -0.1) is 0 Å². The molecular weight excluding hydrogens is 640 g/mol. The lowest BCUT2D eigenvalue weighted by Gasteiger charge is -2.17. The summed E-state index contributed by atoms with van der Waals surface area (Å²) in [5.74, 6) is -5.18. The summed E-state index contributed by atoms with van der Waals surface area (Å²) in [6.45, 7) is 3.32. The Balaban J connectivity index is 0.000000188. The molecule has 4 heterocycles. The van der Waals surface area contributed by atoms with Crippen LogP contribution in [-0.2, 0) is 27.4 Å². The molecule has 252 valence electrons. The van der Waals surface area contributed by atoms with Crippen molar-refractivity contribution < 1.29 is 46.6 Å². The van der Waals surface area contributed by atoms with E-state index in [1.54, 1.807) is 17.8 Å². The van der Waals surface area contributed by atoms with Crippen molar-refractivity contribution in [2.45, 2.75) is 32.9 Å². The van der Waals surface area contributed by atoms with Gasteiger partial charge in [-0.2, -0.15) is 10.2 Å². The van der Waals surface area contributed by atoms with Crippen LogP contribution in [-0.4, -0.2) is 68.1 Å². The number of ether oxygens (including phenoxy) is 1. The Kier molecular flexibility index (Phi) is 10.2. The van der Waals surface area contributed by atoms with Crippen molar-refractivity contribution >= 4 is 35.1 Å². The summed E-state index contributed by atoms with van der Waals surface area (Å²) in [5.41, 5.74) is 0.524. The maximum Gasteiger partial charge on any atom is 0.341 e. The third-order valence-corrected chi connectivity index (χ3v) is 7.73. The van der Waals surface area contributed by atoms with E-state index in [1.165, 1.54) is 45.2 Å². The molecule has 2 aliphatic rings. The fourth-order valence-corrected chi connectivity index (χ4v) is 5.56. The third-order valence-electron chi connectivity index (χ3n) is 7.73. The molecule has 0 saturated carbocycles. The molecule has 2 unspecified atom stereocenters. The van der Waals surface area contributed by atoms with E-state index in [2.05, 4.69) is 10.2 Å². The highest BCUT2D eigenvalue weighted by molar-refractivity contribution is 5.96. The number of hydrogen-bond acceptors (Lipinski definition) is 7. The molecule has 0 spiro atoms. The van der Waals surface area contributed by atoms with E-state index in [0.29, 0.717) is 25.2 Å². The summed E-state index contributed by atoms with van der Waals surface area (Å²) in [5, 5.41) is 16.9. The molecule has 16 heteroatoms. The van der Waals surface area contributed by atoms with Crippen molar-refractivity contribution in [3.8, 4) is 0 Å². The van der Waals surface area contributed by atoms with Crippen molar-refractivity contribution in [1.29, 1.82) is 0 Å². The minimum atomic E-state index is -1.08. The summed E-state index contributed by atoms with van der Waals surface area (Å²) in [7, 11) is 0. The summed E-state index contributed by atoms with van der Waals surface area (Å²) in [4.78, 5) is 49.3. The van der Waals surface area contributed by atoms with Crippen LogP contribution in [0.25, 0.3) is 0 Å². The Morgan fingerprint density at radius 1 is 0.792 bits per heavy atom. The zero-order valence-electron chi connectivity index (χ0n) is 25.6. The van der Waals surface area contributed by atoms with Gasteiger partial charge in [-0.05, 0) is 31.2 Å². The van der Waals surface area contributed by atoms with E-state index in [1.807, 2.05) is 0 Å². The molecule has 2 fully saturated rings. The number of nitrogens with zero attached hydrogens (tertiary/aromatic N) is 6. The Bertz CT molecular complexity index is 1840. The maximum atomic E-state index is 13.9. The number of aromatic nitrogens is 4. The zero-order chi connectivity index (χ0) is 34.5. The van der Waals surface area contributed by atoms with Crippen LogP contribution in [0, 0.1) is 35.1 Å². The number of aromatic carboxylic acids is 1. The second-order valence-electron chi connectivity index (χ2n) is 11.3.